The van der Waals surface area contributed by atoms with Gasteiger partial charge in [0.15, 0.2) is 0 Å². The van der Waals surface area contributed by atoms with Crippen LogP contribution in [0.4, 0.5) is 0 Å². The van der Waals surface area contributed by atoms with Crippen molar-refractivity contribution in [3.8, 4) is 11.5 Å². The average molecular weight is 382 g/mol. The Labute approximate surface area is 163 Å². The first-order valence-electron chi connectivity index (χ1n) is 8.87. The number of nitrogens with zero attached hydrogens (tertiary/aromatic N) is 2. The highest BCUT2D eigenvalue weighted by Gasteiger charge is 2.24. The first-order valence-corrected chi connectivity index (χ1v) is 9.25. The van der Waals surface area contributed by atoms with E-state index in [2.05, 4.69) is 21.6 Å². The largest absolute Gasteiger partial charge is 0.497 e. The minimum absolute atomic E-state index is 0.00179. The van der Waals surface area contributed by atoms with Crippen LogP contribution >= 0.6 is 11.6 Å². The molecule has 2 heterocycles. The number of rotatable bonds is 5. The van der Waals surface area contributed by atoms with Crippen molar-refractivity contribution >= 4 is 28.2 Å². The Morgan fingerprint density at radius 2 is 1.89 bits per heavy atom. The second-order valence-electron chi connectivity index (χ2n) is 6.33. The zero-order valence-electron chi connectivity index (χ0n) is 15.2. The van der Waals surface area contributed by atoms with Crippen LogP contribution in [0.25, 0.3) is 10.9 Å². The number of hydrazone groups is 1. The molecule has 0 saturated heterocycles. The quantitative estimate of drug-likeness (QED) is 0.649. The summed E-state index contributed by atoms with van der Waals surface area (Å²) in [7, 11) is 1.66. The Morgan fingerprint density at radius 3 is 2.63 bits per heavy atom. The summed E-state index contributed by atoms with van der Waals surface area (Å²) in [6.45, 7) is 2.58. The summed E-state index contributed by atoms with van der Waals surface area (Å²) >= 11 is 6.49. The molecule has 5 nitrogen and oxygen atoms in total. The van der Waals surface area contributed by atoms with Gasteiger partial charge in [-0.3, -0.25) is 0 Å². The summed E-state index contributed by atoms with van der Waals surface area (Å²) in [6.07, 6.45) is 0.746. The molecule has 138 valence electrons. The summed E-state index contributed by atoms with van der Waals surface area (Å²) < 4.78 is 10.8. The number of pyridine rings is 1. The van der Waals surface area contributed by atoms with Crippen molar-refractivity contribution in [1.29, 1.82) is 0 Å². The SMILES string of the molecule is CCOc1ccc2cc([C@H]3CC(c4ccc(OC)cc4)=NN3)c(Cl)nc2c1. The van der Waals surface area contributed by atoms with E-state index in [0.29, 0.717) is 11.8 Å². The van der Waals surface area contributed by atoms with Crippen LogP contribution in [0.1, 0.15) is 30.5 Å². The molecule has 1 aliphatic heterocycles. The zero-order chi connectivity index (χ0) is 18.8. The number of hydrogen-bond acceptors (Lipinski definition) is 5. The molecule has 6 heteroatoms. The predicted octanol–water partition coefficient (Wildman–Crippen LogP) is 4.73. The topological polar surface area (TPSA) is 55.7 Å². The lowest BCUT2D eigenvalue weighted by Gasteiger charge is -2.13. The van der Waals surface area contributed by atoms with E-state index in [4.69, 9.17) is 21.1 Å². The van der Waals surface area contributed by atoms with E-state index in [1.807, 2.05) is 49.4 Å². The van der Waals surface area contributed by atoms with Crippen molar-refractivity contribution < 1.29 is 9.47 Å². The van der Waals surface area contributed by atoms with Crippen molar-refractivity contribution in [1.82, 2.24) is 10.4 Å². The Bertz CT molecular complexity index is 1000. The summed E-state index contributed by atoms with van der Waals surface area (Å²) in [6, 6.07) is 15.8. The molecule has 27 heavy (non-hydrogen) atoms. The molecule has 0 fully saturated rings. The molecule has 0 unspecified atom stereocenters. The molecule has 0 amide bonds. The van der Waals surface area contributed by atoms with Gasteiger partial charge in [0, 0.05) is 23.4 Å². The highest BCUT2D eigenvalue weighted by molar-refractivity contribution is 6.30. The fourth-order valence-electron chi connectivity index (χ4n) is 3.23. The van der Waals surface area contributed by atoms with Crippen LogP contribution in [0.5, 0.6) is 11.5 Å². The van der Waals surface area contributed by atoms with Gasteiger partial charge in [-0.25, -0.2) is 4.98 Å². The van der Waals surface area contributed by atoms with E-state index in [1.165, 1.54) is 0 Å². The van der Waals surface area contributed by atoms with Crippen molar-refractivity contribution in [2.75, 3.05) is 13.7 Å². The predicted molar refractivity (Wildman–Crippen MR) is 108 cm³/mol. The third-order valence-corrected chi connectivity index (χ3v) is 4.93. The Hall–Kier alpha value is -2.79. The fraction of sp³-hybridized carbons (Fsp3) is 0.238. The molecule has 4 rings (SSSR count). The second kappa shape index (κ2) is 7.45. The van der Waals surface area contributed by atoms with Crippen molar-refractivity contribution in [2.45, 2.75) is 19.4 Å². The lowest BCUT2D eigenvalue weighted by molar-refractivity contribution is 0.340. The van der Waals surface area contributed by atoms with Crippen LogP contribution in [0.2, 0.25) is 5.15 Å². The Kier molecular flexibility index (Phi) is 4.86. The standard InChI is InChI=1S/C21H20ClN3O2/c1-3-27-16-9-6-14-10-17(21(22)23-18(14)11-16)20-12-19(24-25-20)13-4-7-15(26-2)8-5-13/h4-11,20,25H,3,12H2,1-2H3/t20-/m1/s1. The number of ether oxygens (including phenoxy) is 2. The van der Waals surface area contributed by atoms with Crippen molar-refractivity contribution in [3.05, 3.63) is 64.8 Å². The molecule has 0 spiro atoms. The van der Waals surface area contributed by atoms with Crippen LogP contribution < -0.4 is 14.9 Å². The van der Waals surface area contributed by atoms with Crippen molar-refractivity contribution in [2.24, 2.45) is 5.10 Å². The highest BCUT2D eigenvalue weighted by atomic mass is 35.5. The molecule has 1 atom stereocenters. The van der Waals surface area contributed by atoms with Gasteiger partial charge in [-0.2, -0.15) is 5.10 Å². The van der Waals surface area contributed by atoms with Gasteiger partial charge in [0.25, 0.3) is 0 Å². The van der Waals surface area contributed by atoms with E-state index in [1.54, 1.807) is 7.11 Å². The molecule has 1 aliphatic rings. The van der Waals surface area contributed by atoms with E-state index >= 15 is 0 Å². The number of hydrogen-bond donors (Lipinski definition) is 1. The average Bonchev–Trinajstić information content (AvgIpc) is 3.17. The van der Waals surface area contributed by atoms with Crippen LogP contribution in [0.15, 0.2) is 53.6 Å². The van der Waals surface area contributed by atoms with Crippen LogP contribution in [0.3, 0.4) is 0 Å². The van der Waals surface area contributed by atoms with Gasteiger partial charge >= 0.3 is 0 Å². The number of methoxy groups -OCH3 is 1. The smallest absolute Gasteiger partial charge is 0.135 e. The van der Waals surface area contributed by atoms with E-state index < -0.39 is 0 Å². The third-order valence-electron chi connectivity index (χ3n) is 4.63. The summed E-state index contributed by atoms with van der Waals surface area (Å²) in [5.74, 6) is 1.63. The number of benzene rings is 2. The summed E-state index contributed by atoms with van der Waals surface area (Å²) in [5, 5.41) is 6.01. The lowest BCUT2D eigenvalue weighted by atomic mass is 9.99. The molecule has 2 aromatic carbocycles. The third kappa shape index (κ3) is 3.55. The second-order valence-corrected chi connectivity index (χ2v) is 6.69. The number of fused-ring (bicyclic) bond motifs is 1. The minimum atomic E-state index is -0.00179. The van der Waals surface area contributed by atoms with E-state index in [9.17, 15) is 0 Å². The summed E-state index contributed by atoms with van der Waals surface area (Å²) in [4.78, 5) is 4.56. The molecular formula is C21H20ClN3O2. The molecule has 0 aliphatic carbocycles. The maximum atomic E-state index is 6.49. The van der Waals surface area contributed by atoms with Crippen LogP contribution in [-0.4, -0.2) is 24.4 Å². The van der Waals surface area contributed by atoms with Gasteiger partial charge in [0.05, 0.1) is 31.0 Å². The summed E-state index contributed by atoms with van der Waals surface area (Å²) in [5.41, 5.74) is 7.02. The minimum Gasteiger partial charge on any atom is -0.497 e. The number of aromatic nitrogens is 1. The van der Waals surface area contributed by atoms with Crippen LogP contribution in [0, 0.1) is 0 Å². The van der Waals surface area contributed by atoms with Gasteiger partial charge in [-0.05, 0) is 55.0 Å². The van der Waals surface area contributed by atoms with Gasteiger partial charge in [-0.1, -0.05) is 11.6 Å². The molecule has 0 saturated carbocycles. The van der Waals surface area contributed by atoms with Gasteiger partial charge < -0.3 is 14.9 Å². The van der Waals surface area contributed by atoms with E-state index in [-0.39, 0.29) is 6.04 Å². The Balaban J connectivity index is 1.57. The molecule has 1 N–H and O–H groups in total. The fourth-order valence-corrected chi connectivity index (χ4v) is 3.50. The zero-order valence-corrected chi connectivity index (χ0v) is 16.0. The van der Waals surface area contributed by atoms with Crippen LogP contribution in [-0.2, 0) is 0 Å². The first kappa shape index (κ1) is 17.6. The maximum Gasteiger partial charge on any atom is 0.135 e. The molecule has 0 radical (unpaired) electrons. The molecule has 0 bridgehead atoms. The molecular weight excluding hydrogens is 362 g/mol. The van der Waals surface area contributed by atoms with E-state index in [0.717, 1.165) is 45.7 Å². The first-order chi connectivity index (χ1) is 13.2. The van der Waals surface area contributed by atoms with Gasteiger partial charge in [0.2, 0.25) is 0 Å². The lowest BCUT2D eigenvalue weighted by Crippen LogP contribution is -2.11. The monoisotopic (exact) mass is 381 g/mol. The number of nitrogens with one attached hydrogen (secondary N) is 1. The van der Waals surface area contributed by atoms with Gasteiger partial charge in [0.1, 0.15) is 16.7 Å². The normalized spacial score (nSPS) is 16.1. The molecule has 3 aromatic rings. The number of halogens is 1. The highest BCUT2D eigenvalue weighted by Crippen LogP contribution is 2.32. The maximum absolute atomic E-state index is 6.49. The van der Waals surface area contributed by atoms with Crippen molar-refractivity contribution in [3.63, 3.8) is 0 Å². The van der Waals surface area contributed by atoms with Gasteiger partial charge in [-0.15, -0.1) is 0 Å². The Morgan fingerprint density at radius 1 is 1.11 bits per heavy atom. The molecule has 1 aromatic heterocycles.